The van der Waals surface area contributed by atoms with Crippen molar-refractivity contribution in [2.45, 2.75) is 25.4 Å². The van der Waals surface area contributed by atoms with Crippen LogP contribution in [0.1, 0.15) is 24.8 Å². The van der Waals surface area contributed by atoms with Crippen LogP contribution in [0.15, 0.2) is 12.3 Å². The van der Waals surface area contributed by atoms with E-state index in [1.807, 2.05) is 9.80 Å². The normalized spacial score (nSPS) is 19.7. The monoisotopic (exact) mass is 347 g/mol. The predicted molar refractivity (Wildman–Crippen MR) is 80.4 cm³/mol. The van der Waals surface area contributed by atoms with Crippen LogP contribution in [0.2, 0.25) is 5.02 Å². The molecular formula is C15H17ClF3N3O. The van der Waals surface area contributed by atoms with E-state index in [0.717, 1.165) is 31.8 Å². The van der Waals surface area contributed by atoms with Gasteiger partial charge in [0.1, 0.15) is 5.82 Å². The van der Waals surface area contributed by atoms with Crippen molar-refractivity contribution in [2.24, 2.45) is 5.92 Å². The summed E-state index contributed by atoms with van der Waals surface area (Å²) in [5.74, 6) is 0.552. The maximum Gasteiger partial charge on any atom is 0.417 e. The second kappa shape index (κ2) is 6.19. The average Bonchev–Trinajstić information content (AvgIpc) is 2.44. The standard InChI is InChI=1S/C15H17ClF3N3O/c16-12-8-11(15(17,18)19)9-20-13(12)21-6-2-10(3-7-21)14(23)22-4-1-5-22/h8-10H,1-7H2. The molecule has 2 aliphatic rings. The van der Waals surface area contributed by atoms with Gasteiger partial charge < -0.3 is 9.80 Å². The molecule has 2 fully saturated rings. The number of carbonyl (C=O) groups excluding carboxylic acids is 1. The van der Waals surface area contributed by atoms with E-state index < -0.39 is 11.7 Å². The number of aromatic nitrogens is 1. The first-order valence-corrected chi connectivity index (χ1v) is 8.00. The van der Waals surface area contributed by atoms with Crippen LogP contribution in [0.3, 0.4) is 0 Å². The first kappa shape index (κ1) is 16.4. The summed E-state index contributed by atoms with van der Waals surface area (Å²) in [6.45, 7) is 2.82. The number of alkyl halides is 3. The predicted octanol–water partition coefficient (Wildman–Crippen LogP) is 3.20. The molecule has 2 aliphatic heterocycles. The Morgan fingerprint density at radius 3 is 2.35 bits per heavy atom. The Balaban J connectivity index is 1.64. The number of amides is 1. The van der Waals surface area contributed by atoms with Crippen molar-refractivity contribution < 1.29 is 18.0 Å². The minimum atomic E-state index is -4.45. The molecule has 4 nitrogen and oxygen atoms in total. The molecule has 1 aromatic rings. The van der Waals surface area contributed by atoms with Gasteiger partial charge in [0.15, 0.2) is 0 Å². The molecular weight excluding hydrogens is 331 g/mol. The molecule has 0 unspecified atom stereocenters. The van der Waals surface area contributed by atoms with Crippen molar-refractivity contribution in [3.05, 3.63) is 22.8 Å². The van der Waals surface area contributed by atoms with E-state index in [0.29, 0.717) is 31.7 Å². The molecule has 1 amide bonds. The number of carbonyl (C=O) groups is 1. The zero-order valence-electron chi connectivity index (χ0n) is 12.4. The molecule has 0 radical (unpaired) electrons. The van der Waals surface area contributed by atoms with Gasteiger partial charge in [0.05, 0.1) is 10.6 Å². The summed E-state index contributed by atoms with van der Waals surface area (Å²) in [4.78, 5) is 19.8. The van der Waals surface area contributed by atoms with E-state index in [1.54, 1.807) is 0 Å². The van der Waals surface area contributed by atoms with Crippen LogP contribution in [0.4, 0.5) is 19.0 Å². The van der Waals surface area contributed by atoms with E-state index >= 15 is 0 Å². The number of likely N-dealkylation sites (tertiary alicyclic amines) is 1. The maximum absolute atomic E-state index is 12.6. The molecule has 1 aromatic heterocycles. The van der Waals surface area contributed by atoms with Crippen LogP contribution < -0.4 is 4.90 Å². The van der Waals surface area contributed by atoms with Gasteiger partial charge in [-0.25, -0.2) is 4.98 Å². The number of hydrogen-bond donors (Lipinski definition) is 0. The molecule has 0 bridgehead atoms. The lowest BCUT2D eigenvalue weighted by molar-refractivity contribution is -0.140. The highest BCUT2D eigenvalue weighted by atomic mass is 35.5. The van der Waals surface area contributed by atoms with Gasteiger partial charge in [-0.1, -0.05) is 11.6 Å². The summed E-state index contributed by atoms with van der Waals surface area (Å²) in [6, 6.07) is 0.904. The minimum absolute atomic E-state index is 0.000209. The molecule has 0 aromatic carbocycles. The molecule has 8 heteroatoms. The number of piperidine rings is 1. The van der Waals surface area contributed by atoms with E-state index in [2.05, 4.69) is 4.98 Å². The van der Waals surface area contributed by atoms with Crippen molar-refractivity contribution in [1.29, 1.82) is 0 Å². The summed E-state index contributed by atoms with van der Waals surface area (Å²) in [6.07, 6.45) is -1.23. The summed E-state index contributed by atoms with van der Waals surface area (Å²) in [7, 11) is 0. The Bertz CT molecular complexity index is 596. The number of hydrogen-bond acceptors (Lipinski definition) is 3. The molecule has 126 valence electrons. The fourth-order valence-corrected chi connectivity index (χ4v) is 3.24. The van der Waals surface area contributed by atoms with Crippen molar-refractivity contribution >= 4 is 23.3 Å². The summed E-state index contributed by atoms with van der Waals surface area (Å²) in [5.41, 5.74) is -0.853. The van der Waals surface area contributed by atoms with Crippen LogP contribution >= 0.6 is 11.6 Å². The molecule has 0 spiro atoms. The second-order valence-electron chi connectivity index (χ2n) is 5.97. The molecule has 0 atom stereocenters. The van der Waals surface area contributed by atoms with E-state index in [-0.39, 0.29) is 16.8 Å². The lowest BCUT2D eigenvalue weighted by Crippen LogP contribution is -2.48. The fourth-order valence-electron chi connectivity index (χ4n) is 2.95. The summed E-state index contributed by atoms with van der Waals surface area (Å²) < 4.78 is 37.9. The number of rotatable bonds is 2. The molecule has 3 heterocycles. The number of halogens is 4. The van der Waals surface area contributed by atoms with Gasteiger partial charge in [-0.15, -0.1) is 0 Å². The Labute approximate surface area is 137 Å². The first-order chi connectivity index (χ1) is 10.9. The SMILES string of the molecule is O=C(C1CCN(c2ncc(C(F)(F)F)cc2Cl)CC1)N1CCC1. The smallest absolute Gasteiger partial charge is 0.355 e. The quantitative estimate of drug-likeness (QED) is 0.824. The van der Waals surface area contributed by atoms with Gasteiger partial charge in [-0.05, 0) is 25.3 Å². The van der Waals surface area contributed by atoms with Gasteiger partial charge in [0.25, 0.3) is 0 Å². The Kier molecular flexibility index (Phi) is 4.40. The molecule has 3 rings (SSSR count). The molecule has 0 N–H and O–H groups in total. The fraction of sp³-hybridized carbons (Fsp3) is 0.600. The Morgan fingerprint density at radius 2 is 1.87 bits per heavy atom. The summed E-state index contributed by atoms with van der Waals surface area (Å²) in [5, 5.41) is -0.00709. The highest BCUT2D eigenvalue weighted by molar-refractivity contribution is 6.33. The van der Waals surface area contributed by atoms with Crippen molar-refractivity contribution in [2.75, 3.05) is 31.1 Å². The van der Waals surface area contributed by atoms with Crippen LogP contribution in [0.5, 0.6) is 0 Å². The second-order valence-corrected chi connectivity index (χ2v) is 6.37. The lowest BCUT2D eigenvalue weighted by atomic mass is 9.94. The van der Waals surface area contributed by atoms with Gasteiger partial charge in [0.2, 0.25) is 5.91 Å². The average molecular weight is 348 g/mol. The molecule has 2 saturated heterocycles. The highest BCUT2D eigenvalue weighted by Gasteiger charge is 2.34. The highest BCUT2D eigenvalue weighted by Crippen LogP contribution is 2.34. The van der Waals surface area contributed by atoms with Crippen molar-refractivity contribution in [3.63, 3.8) is 0 Å². The van der Waals surface area contributed by atoms with Gasteiger partial charge in [0, 0.05) is 38.3 Å². The van der Waals surface area contributed by atoms with E-state index in [1.165, 1.54) is 0 Å². The van der Waals surface area contributed by atoms with Crippen LogP contribution in [0.25, 0.3) is 0 Å². The van der Waals surface area contributed by atoms with Crippen LogP contribution in [-0.2, 0) is 11.0 Å². The van der Waals surface area contributed by atoms with Gasteiger partial charge in [-0.2, -0.15) is 13.2 Å². The van der Waals surface area contributed by atoms with E-state index in [4.69, 9.17) is 11.6 Å². The number of anilines is 1. The largest absolute Gasteiger partial charge is 0.417 e. The van der Waals surface area contributed by atoms with Crippen molar-refractivity contribution in [3.8, 4) is 0 Å². The Hall–Kier alpha value is -1.50. The summed E-state index contributed by atoms with van der Waals surface area (Å²) >= 11 is 5.97. The third-order valence-electron chi connectivity index (χ3n) is 4.46. The topological polar surface area (TPSA) is 36.4 Å². The third-order valence-corrected chi connectivity index (χ3v) is 4.74. The third kappa shape index (κ3) is 3.39. The molecule has 0 saturated carbocycles. The lowest BCUT2D eigenvalue weighted by Gasteiger charge is -2.38. The maximum atomic E-state index is 12.6. The first-order valence-electron chi connectivity index (χ1n) is 7.63. The van der Waals surface area contributed by atoms with Gasteiger partial charge in [-0.3, -0.25) is 4.79 Å². The molecule has 23 heavy (non-hydrogen) atoms. The van der Waals surface area contributed by atoms with E-state index in [9.17, 15) is 18.0 Å². The zero-order valence-corrected chi connectivity index (χ0v) is 13.2. The zero-order chi connectivity index (χ0) is 16.6. The van der Waals surface area contributed by atoms with Crippen LogP contribution in [-0.4, -0.2) is 42.0 Å². The Morgan fingerprint density at radius 1 is 1.22 bits per heavy atom. The van der Waals surface area contributed by atoms with Crippen LogP contribution in [0, 0.1) is 5.92 Å². The van der Waals surface area contributed by atoms with Crippen molar-refractivity contribution in [1.82, 2.24) is 9.88 Å². The number of nitrogens with zero attached hydrogens (tertiary/aromatic N) is 3. The minimum Gasteiger partial charge on any atom is -0.355 e. The molecule has 0 aliphatic carbocycles. The van der Waals surface area contributed by atoms with Gasteiger partial charge >= 0.3 is 6.18 Å². The number of pyridine rings is 1.